The predicted molar refractivity (Wildman–Crippen MR) is 136 cm³/mol. The molecule has 3 aliphatic rings. The lowest BCUT2D eigenvalue weighted by Gasteiger charge is -2.30. The van der Waals surface area contributed by atoms with Crippen molar-refractivity contribution in [2.75, 3.05) is 25.4 Å². The Morgan fingerprint density at radius 1 is 1.03 bits per heavy atom. The molecule has 1 amide bonds. The van der Waals surface area contributed by atoms with E-state index in [9.17, 15) is 13.2 Å². The fourth-order valence-corrected chi connectivity index (χ4v) is 7.40. The smallest absolute Gasteiger partial charge is 0.253 e. The highest BCUT2D eigenvalue weighted by Gasteiger charge is 2.32. The molecule has 0 radical (unpaired) electrons. The Kier molecular flexibility index (Phi) is 6.77. The topological polar surface area (TPSA) is 62.6 Å². The quantitative estimate of drug-likeness (QED) is 0.578. The zero-order valence-electron chi connectivity index (χ0n) is 20.8. The number of hydrogen-bond acceptors (Lipinski definition) is 4. The first-order valence-electron chi connectivity index (χ1n) is 13.3. The van der Waals surface area contributed by atoms with Gasteiger partial charge in [-0.05, 0) is 68.3 Å². The number of carbonyl (C=O) groups is 1. The molecule has 1 aromatic heterocycles. The van der Waals surface area contributed by atoms with Gasteiger partial charge in [-0.2, -0.15) is 0 Å². The molecule has 5 rings (SSSR count). The fourth-order valence-electron chi connectivity index (χ4n) is 6.18. The van der Waals surface area contributed by atoms with Crippen molar-refractivity contribution in [2.24, 2.45) is 11.8 Å². The molecule has 0 unspecified atom stereocenters. The summed E-state index contributed by atoms with van der Waals surface area (Å²) >= 11 is 0. The van der Waals surface area contributed by atoms with E-state index < -0.39 is 10.0 Å². The Morgan fingerprint density at radius 3 is 2.47 bits per heavy atom. The van der Waals surface area contributed by atoms with E-state index in [1.165, 1.54) is 38.5 Å². The first-order chi connectivity index (χ1) is 16.4. The molecule has 0 atom stereocenters. The highest BCUT2D eigenvalue weighted by Crippen LogP contribution is 2.36. The Morgan fingerprint density at radius 2 is 1.76 bits per heavy atom. The van der Waals surface area contributed by atoms with Gasteiger partial charge in [-0.3, -0.25) is 9.69 Å². The van der Waals surface area contributed by atoms with Crippen LogP contribution in [0.25, 0.3) is 10.9 Å². The molecule has 0 spiro atoms. The van der Waals surface area contributed by atoms with Gasteiger partial charge in [0.1, 0.15) is 0 Å². The van der Waals surface area contributed by atoms with Crippen LogP contribution in [0.3, 0.4) is 0 Å². The molecule has 7 heteroatoms. The first kappa shape index (κ1) is 23.9. The third-order valence-corrected chi connectivity index (χ3v) is 10.1. The molecule has 2 fully saturated rings. The maximum absolute atomic E-state index is 13.2. The van der Waals surface area contributed by atoms with Gasteiger partial charge < -0.3 is 4.90 Å². The van der Waals surface area contributed by atoms with Gasteiger partial charge in [0.15, 0.2) is 0 Å². The number of nitrogens with zero attached hydrogens (tertiary/aromatic N) is 3. The molecular formula is C27H39N3O3S. The summed E-state index contributed by atoms with van der Waals surface area (Å²) in [6.45, 7) is 8.00. The van der Waals surface area contributed by atoms with Gasteiger partial charge in [0, 0.05) is 37.1 Å². The number of amides is 1. The molecule has 1 aliphatic carbocycles. The van der Waals surface area contributed by atoms with Crippen molar-refractivity contribution < 1.29 is 13.2 Å². The molecule has 2 aliphatic heterocycles. The van der Waals surface area contributed by atoms with Crippen LogP contribution in [0.1, 0.15) is 86.8 Å². The number of fused-ring (bicyclic) bond motifs is 3. The standard InChI is InChI=1S/C27H39N3O3S/c1-3-34(32,33)30-25-10-9-22(27(31)29-15-11-20(2)12-16-29)17-23(25)24-18-28(19-26(24)30)14-13-21-7-5-4-6-8-21/h9-10,17,20-21H,3-8,11-16,18-19H2,1-2H3. The molecule has 0 N–H and O–H groups in total. The first-order valence-corrected chi connectivity index (χ1v) is 14.9. The van der Waals surface area contributed by atoms with E-state index in [0.29, 0.717) is 18.0 Å². The monoisotopic (exact) mass is 485 g/mol. The molecular weight excluding hydrogens is 446 g/mol. The van der Waals surface area contributed by atoms with E-state index in [1.54, 1.807) is 10.9 Å². The zero-order valence-corrected chi connectivity index (χ0v) is 21.6. The van der Waals surface area contributed by atoms with Crippen molar-refractivity contribution in [1.82, 2.24) is 13.8 Å². The van der Waals surface area contributed by atoms with Crippen LogP contribution in [0.15, 0.2) is 18.2 Å². The highest BCUT2D eigenvalue weighted by atomic mass is 32.2. The van der Waals surface area contributed by atoms with Crippen molar-refractivity contribution in [2.45, 2.75) is 78.3 Å². The summed E-state index contributed by atoms with van der Waals surface area (Å²) in [7, 11) is -3.43. The predicted octanol–water partition coefficient (Wildman–Crippen LogP) is 5.00. The van der Waals surface area contributed by atoms with Crippen molar-refractivity contribution in [3.05, 3.63) is 35.0 Å². The Labute approximate surface area is 204 Å². The lowest BCUT2D eigenvalue weighted by atomic mass is 9.87. The normalized spacial score (nSPS) is 20.8. The van der Waals surface area contributed by atoms with Gasteiger partial charge in [-0.25, -0.2) is 12.4 Å². The largest absolute Gasteiger partial charge is 0.339 e. The number of rotatable bonds is 6. The minimum absolute atomic E-state index is 0.0674. The summed E-state index contributed by atoms with van der Waals surface area (Å²) < 4.78 is 27.8. The van der Waals surface area contributed by atoms with Crippen LogP contribution in [0, 0.1) is 11.8 Å². The average Bonchev–Trinajstić information content (AvgIpc) is 3.39. The van der Waals surface area contributed by atoms with Gasteiger partial charge in [0.05, 0.1) is 17.0 Å². The maximum atomic E-state index is 13.2. The highest BCUT2D eigenvalue weighted by molar-refractivity contribution is 7.90. The summed E-state index contributed by atoms with van der Waals surface area (Å²) in [6, 6.07) is 5.63. The van der Waals surface area contributed by atoms with Crippen LogP contribution in [0.4, 0.5) is 0 Å². The summed E-state index contributed by atoms with van der Waals surface area (Å²) in [5, 5.41) is 0.934. The molecule has 0 bridgehead atoms. The second kappa shape index (κ2) is 9.65. The lowest BCUT2D eigenvalue weighted by molar-refractivity contribution is 0.0697. The Bertz CT molecular complexity index is 1160. The van der Waals surface area contributed by atoms with Crippen molar-refractivity contribution in [3.63, 3.8) is 0 Å². The van der Waals surface area contributed by atoms with Gasteiger partial charge in [-0.15, -0.1) is 0 Å². The van der Waals surface area contributed by atoms with E-state index in [2.05, 4.69) is 11.8 Å². The minimum atomic E-state index is -3.43. The van der Waals surface area contributed by atoms with Crippen LogP contribution < -0.4 is 0 Å². The second-order valence-electron chi connectivity index (χ2n) is 10.8. The number of hydrogen-bond donors (Lipinski definition) is 0. The molecule has 6 nitrogen and oxygen atoms in total. The van der Waals surface area contributed by atoms with Gasteiger partial charge in [0.25, 0.3) is 5.91 Å². The van der Waals surface area contributed by atoms with Crippen molar-refractivity contribution >= 4 is 26.8 Å². The summed E-state index contributed by atoms with van der Waals surface area (Å²) in [5.41, 5.74) is 3.40. The Balaban J connectivity index is 1.44. The molecule has 1 saturated heterocycles. The molecule has 1 saturated carbocycles. The van der Waals surface area contributed by atoms with Crippen molar-refractivity contribution in [3.8, 4) is 0 Å². The molecule has 34 heavy (non-hydrogen) atoms. The molecule has 2 aromatic rings. The van der Waals surface area contributed by atoms with E-state index in [1.807, 2.05) is 23.1 Å². The fraction of sp³-hybridized carbons (Fsp3) is 0.667. The molecule has 3 heterocycles. The van der Waals surface area contributed by atoms with Crippen molar-refractivity contribution in [1.29, 1.82) is 0 Å². The number of aromatic nitrogens is 1. The number of piperidine rings is 1. The van der Waals surface area contributed by atoms with Crippen LogP contribution in [-0.4, -0.2) is 53.5 Å². The van der Waals surface area contributed by atoms with Crippen LogP contribution >= 0.6 is 0 Å². The average molecular weight is 486 g/mol. The van der Waals surface area contributed by atoms with Crippen LogP contribution in [0.2, 0.25) is 0 Å². The van der Waals surface area contributed by atoms with Gasteiger partial charge >= 0.3 is 0 Å². The van der Waals surface area contributed by atoms with E-state index >= 15 is 0 Å². The number of carbonyl (C=O) groups excluding carboxylic acids is 1. The third kappa shape index (κ3) is 4.53. The lowest BCUT2D eigenvalue weighted by Crippen LogP contribution is -2.37. The minimum Gasteiger partial charge on any atom is -0.339 e. The Hall–Kier alpha value is -1.86. The van der Waals surface area contributed by atoms with Crippen LogP contribution in [0.5, 0.6) is 0 Å². The van der Waals surface area contributed by atoms with Gasteiger partial charge in [-0.1, -0.05) is 39.0 Å². The molecule has 1 aromatic carbocycles. The van der Waals surface area contributed by atoms with Gasteiger partial charge in [0.2, 0.25) is 10.0 Å². The molecule has 186 valence electrons. The second-order valence-corrected chi connectivity index (χ2v) is 12.9. The van der Waals surface area contributed by atoms with E-state index in [4.69, 9.17) is 0 Å². The summed E-state index contributed by atoms with van der Waals surface area (Å²) in [5.74, 6) is 1.62. The summed E-state index contributed by atoms with van der Waals surface area (Å²) in [4.78, 5) is 17.6. The third-order valence-electron chi connectivity index (χ3n) is 8.43. The zero-order chi connectivity index (χ0) is 23.9. The van der Waals surface area contributed by atoms with E-state index in [0.717, 1.165) is 67.1 Å². The maximum Gasteiger partial charge on any atom is 0.253 e. The number of likely N-dealkylation sites (tertiary alicyclic amines) is 1. The van der Waals surface area contributed by atoms with E-state index in [-0.39, 0.29) is 11.7 Å². The summed E-state index contributed by atoms with van der Waals surface area (Å²) in [6.07, 6.45) is 10.0. The number of benzene rings is 1. The van der Waals surface area contributed by atoms with Crippen LogP contribution in [-0.2, 0) is 23.1 Å². The SMILES string of the molecule is CCS(=O)(=O)n1c2c(c3cc(C(=O)N4CCC(C)CC4)ccc31)CN(CCC1CCCCC1)C2.